The maximum atomic E-state index is 12.6. The molecule has 0 amide bonds. The molecular weight excluding hydrogens is 414 g/mol. The molecule has 1 aliphatic heterocycles. The largest absolute Gasteiger partial charge is 0.497 e. The Bertz CT molecular complexity index is 1140. The summed E-state index contributed by atoms with van der Waals surface area (Å²) in [6.45, 7) is 3.90. The van der Waals surface area contributed by atoms with E-state index in [1.807, 2.05) is 13.0 Å². The summed E-state index contributed by atoms with van der Waals surface area (Å²) in [6.07, 6.45) is 2.32. The molecule has 2 N–H and O–H groups in total. The van der Waals surface area contributed by atoms with Gasteiger partial charge in [-0.05, 0) is 68.3 Å². The zero-order valence-electron chi connectivity index (χ0n) is 17.5. The number of aromatic nitrogens is 2. The summed E-state index contributed by atoms with van der Waals surface area (Å²) in [5, 5.41) is 3.27. The van der Waals surface area contributed by atoms with Gasteiger partial charge in [0.2, 0.25) is 5.95 Å². The van der Waals surface area contributed by atoms with E-state index in [2.05, 4.69) is 24.9 Å². The van der Waals surface area contributed by atoms with Gasteiger partial charge in [0.25, 0.3) is 10.0 Å². The van der Waals surface area contributed by atoms with Crippen LogP contribution >= 0.6 is 0 Å². The summed E-state index contributed by atoms with van der Waals surface area (Å²) < 4.78 is 32.8. The van der Waals surface area contributed by atoms with Crippen molar-refractivity contribution in [2.75, 3.05) is 35.1 Å². The fourth-order valence-corrected chi connectivity index (χ4v) is 4.47. The van der Waals surface area contributed by atoms with Crippen LogP contribution in [0.5, 0.6) is 5.75 Å². The van der Waals surface area contributed by atoms with Crippen LogP contribution in [0.4, 0.5) is 23.1 Å². The average molecular weight is 440 g/mol. The van der Waals surface area contributed by atoms with E-state index in [0.29, 0.717) is 17.3 Å². The molecule has 2 aromatic carbocycles. The number of nitrogens with one attached hydrogen (secondary N) is 2. The van der Waals surface area contributed by atoms with Gasteiger partial charge in [-0.3, -0.25) is 4.72 Å². The molecule has 0 aliphatic carbocycles. The number of methoxy groups -OCH3 is 1. The van der Waals surface area contributed by atoms with Gasteiger partial charge in [-0.15, -0.1) is 0 Å². The lowest BCUT2D eigenvalue weighted by atomic mass is 10.3. The van der Waals surface area contributed by atoms with E-state index >= 15 is 0 Å². The van der Waals surface area contributed by atoms with Crippen molar-refractivity contribution >= 4 is 33.2 Å². The summed E-state index contributed by atoms with van der Waals surface area (Å²) in [5.74, 6) is 2.05. The van der Waals surface area contributed by atoms with Crippen LogP contribution in [-0.2, 0) is 10.0 Å². The second-order valence-corrected chi connectivity index (χ2v) is 9.05. The Morgan fingerprint density at radius 3 is 2.23 bits per heavy atom. The predicted molar refractivity (Wildman–Crippen MR) is 122 cm³/mol. The molecule has 31 heavy (non-hydrogen) atoms. The molecule has 162 valence electrons. The van der Waals surface area contributed by atoms with Crippen molar-refractivity contribution in [1.82, 2.24) is 9.97 Å². The molecule has 0 radical (unpaired) electrons. The number of rotatable bonds is 7. The fourth-order valence-electron chi connectivity index (χ4n) is 3.41. The van der Waals surface area contributed by atoms with Gasteiger partial charge in [-0.2, -0.15) is 4.98 Å². The first-order valence-electron chi connectivity index (χ1n) is 10.1. The number of anilines is 4. The van der Waals surface area contributed by atoms with Gasteiger partial charge in [0.1, 0.15) is 11.6 Å². The van der Waals surface area contributed by atoms with E-state index in [-0.39, 0.29) is 4.90 Å². The lowest BCUT2D eigenvalue weighted by molar-refractivity contribution is 0.414. The Morgan fingerprint density at radius 1 is 0.935 bits per heavy atom. The maximum absolute atomic E-state index is 12.6. The van der Waals surface area contributed by atoms with Gasteiger partial charge in [-0.25, -0.2) is 13.4 Å². The fraction of sp³-hybridized carbons (Fsp3) is 0.273. The van der Waals surface area contributed by atoms with Crippen molar-refractivity contribution in [1.29, 1.82) is 0 Å². The molecule has 0 unspecified atom stereocenters. The third-order valence-corrected chi connectivity index (χ3v) is 6.41. The van der Waals surface area contributed by atoms with E-state index in [1.165, 1.54) is 19.2 Å². The summed E-state index contributed by atoms with van der Waals surface area (Å²) in [5.41, 5.74) is 2.17. The molecule has 1 saturated heterocycles. The normalized spacial score (nSPS) is 13.8. The Kier molecular flexibility index (Phi) is 5.94. The highest BCUT2D eigenvalue weighted by molar-refractivity contribution is 7.92. The van der Waals surface area contributed by atoms with Crippen LogP contribution in [0.3, 0.4) is 0 Å². The predicted octanol–water partition coefficient (Wildman–Crippen LogP) is 3.94. The van der Waals surface area contributed by atoms with Crippen LogP contribution in [0.1, 0.15) is 18.5 Å². The number of nitrogens with zero attached hydrogens (tertiary/aromatic N) is 3. The number of hydrogen-bond acceptors (Lipinski definition) is 7. The average Bonchev–Trinajstić information content (AvgIpc) is 3.30. The minimum atomic E-state index is -3.68. The first-order chi connectivity index (χ1) is 14.9. The van der Waals surface area contributed by atoms with Crippen molar-refractivity contribution in [3.05, 3.63) is 60.3 Å². The molecule has 2 heterocycles. The van der Waals surface area contributed by atoms with Crippen LogP contribution < -0.4 is 19.7 Å². The summed E-state index contributed by atoms with van der Waals surface area (Å²) in [6, 6.07) is 15.2. The van der Waals surface area contributed by atoms with E-state index in [1.54, 1.807) is 36.4 Å². The molecule has 9 heteroatoms. The number of hydrogen-bond donors (Lipinski definition) is 2. The number of benzene rings is 2. The minimum absolute atomic E-state index is 0.168. The zero-order valence-corrected chi connectivity index (χ0v) is 18.3. The Labute approximate surface area is 182 Å². The van der Waals surface area contributed by atoms with E-state index in [0.717, 1.165) is 43.3 Å². The molecule has 1 aliphatic rings. The van der Waals surface area contributed by atoms with Crippen molar-refractivity contribution in [2.24, 2.45) is 0 Å². The highest BCUT2D eigenvalue weighted by atomic mass is 32.2. The van der Waals surface area contributed by atoms with Gasteiger partial charge in [0, 0.05) is 36.2 Å². The van der Waals surface area contributed by atoms with Crippen molar-refractivity contribution in [3.63, 3.8) is 0 Å². The van der Waals surface area contributed by atoms with Gasteiger partial charge in [0.15, 0.2) is 0 Å². The van der Waals surface area contributed by atoms with E-state index in [9.17, 15) is 8.42 Å². The molecule has 4 rings (SSSR count). The lowest BCUT2D eigenvalue weighted by Gasteiger charge is -2.17. The number of aryl methyl sites for hydroxylation is 1. The summed E-state index contributed by atoms with van der Waals surface area (Å²) >= 11 is 0. The van der Waals surface area contributed by atoms with Crippen LogP contribution in [0.2, 0.25) is 0 Å². The zero-order chi connectivity index (χ0) is 21.8. The number of sulfonamides is 1. The van der Waals surface area contributed by atoms with Crippen molar-refractivity contribution < 1.29 is 13.2 Å². The molecule has 1 aromatic heterocycles. The van der Waals surface area contributed by atoms with E-state index < -0.39 is 10.0 Å². The smallest absolute Gasteiger partial charge is 0.261 e. The highest BCUT2D eigenvalue weighted by Crippen LogP contribution is 2.24. The van der Waals surface area contributed by atoms with Crippen molar-refractivity contribution in [2.45, 2.75) is 24.7 Å². The molecule has 8 nitrogen and oxygen atoms in total. The van der Waals surface area contributed by atoms with Crippen LogP contribution in [-0.4, -0.2) is 38.6 Å². The van der Waals surface area contributed by atoms with Crippen LogP contribution in [0.25, 0.3) is 0 Å². The van der Waals surface area contributed by atoms with Crippen molar-refractivity contribution in [3.8, 4) is 5.75 Å². The second-order valence-electron chi connectivity index (χ2n) is 7.37. The molecule has 0 bridgehead atoms. The molecule has 0 spiro atoms. The first kappa shape index (κ1) is 20.9. The summed E-state index contributed by atoms with van der Waals surface area (Å²) in [7, 11) is -2.15. The Balaban J connectivity index is 1.46. The molecule has 0 atom stereocenters. The second kappa shape index (κ2) is 8.81. The minimum Gasteiger partial charge on any atom is -0.497 e. The number of ether oxygens (including phenoxy) is 1. The Morgan fingerprint density at radius 2 is 1.58 bits per heavy atom. The maximum Gasteiger partial charge on any atom is 0.261 e. The van der Waals surface area contributed by atoms with E-state index in [4.69, 9.17) is 4.74 Å². The third-order valence-electron chi connectivity index (χ3n) is 5.01. The van der Waals surface area contributed by atoms with Crippen LogP contribution in [0, 0.1) is 6.92 Å². The third kappa shape index (κ3) is 5.05. The topological polar surface area (TPSA) is 96.5 Å². The SMILES string of the molecule is COc1ccc(S(=O)(=O)Nc2ccc(Nc3cc(C)nc(N4CCCC4)n3)cc2)cc1. The van der Waals surface area contributed by atoms with Gasteiger partial charge in [-0.1, -0.05) is 0 Å². The standard InChI is InChI=1S/C22H25N5O3S/c1-16-15-21(25-22(23-16)27-13-3-4-14-27)24-17-5-7-18(8-6-17)26-31(28,29)20-11-9-19(30-2)10-12-20/h5-12,15,26H,3-4,13-14H2,1-2H3,(H,23,24,25). The monoisotopic (exact) mass is 439 g/mol. The van der Waals surface area contributed by atoms with Gasteiger partial charge < -0.3 is 15.0 Å². The lowest BCUT2D eigenvalue weighted by Crippen LogP contribution is -2.21. The molecule has 3 aromatic rings. The first-order valence-corrected chi connectivity index (χ1v) is 11.6. The van der Waals surface area contributed by atoms with Gasteiger partial charge in [0.05, 0.1) is 12.0 Å². The summed E-state index contributed by atoms with van der Waals surface area (Å²) in [4.78, 5) is 11.5. The molecule has 0 saturated carbocycles. The molecular formula is C22H25N5O3S. The highest BCUT2D eigenvalue weighted by Gasteiger charge is 2.16. The Hall–Kier alpha value is -3.33. The quantitative estimate of drug-likeness (QED) is 0.576. The molecule has 1 fully saturated rings. The van der Waals surface area contributed by atoms with Crippen LogP contribution in [0.15, 0.2) is 59.5 Å². The van der Waals surface area contributed by atoms with Gasteiger partial charge >= 0.3 is 0 Å².